The molecule has 0 saturated heterocycles. The summed E-state index contributed by atoms with van der Waals surface area (Å²) in [5, 5.41) is 6.53. The van der Waals surface area contributed by atoms with E-state index in [-0.39, 0.29) is 5.69 Å². The zero-order valence-electron chi connectivity index (χ0n) is 13.6. The molecule has 1 aromatic heterocycles. The zero-order valence-corrected chi connectivity index (χ0v) is 14.4. The molecule has 1 atom stereocenters. The standard InChI is InChI=1S/C18H16F2N2O2S/c1-24-13-7-3-11(4-8-13)15-16(21-22-17(15)18(19)20)12-5-9-14(10-6-12)25(2)23/h3-10,18H,1-2H3,(H,21,22). The number of H-pyrrole nitrogens is 1. The number of alkyl halides is 2. The van der Waals surface area contributed by atoms with Gasteiger partial charge in [-0.1, -0.05) is 24.3 Å². The maximum absolute atomic E-state index is 13.4. The highest BCUT2D eigenvalue weighted by Crippen LogP contribution is 2.38. The second kappa shape index (κ2) is 7.14. The largest absolute Gasteiger partial charge is 0.497 e. The van der Waals surface area contributed by atoms with Gasteiger partial charge in [0.05, 0.1) is 7.11 Å². The fourth-order valence-corrected chi connectivity index (χ4v) is 3.10. The van der Waals surface area contributed by atoms with E-state index in [1.807, 2.05) is 0 Å². The molecule has 7 heteroatoms. The van der Waals surface area contributed by atoms with Gasteiger partial charge in [0.2, 0.25) is 0 Å². The smallest absolute Gasteiger partial charge is 0.280 e. The topological polar surface area (TPSA) is 55.0 Å². The first-order valence-corrected chi connectivity index (χ1v) is 9.01. The Morgan fingerprint density at radius 1 is 1.04 bits per heavy atom. The molecule has 0 aliphatic carbocycles. The molecule has 0 amide bonds. The van der Waals surface area contributed by atoms with Crippen molar-refractivity contribution in [3.05, 3.63) is 54.2 Å². The molecule has 130 valence electrons. The number of hydrogen-bond acceptors (Lipinski definition) is 3. The van der Waals surface area contributed by atoms with Crippen molar-refractivity contribution < 1.29 is 17.7 Å². The minimum atomic E-state index is -2.68. The fraction of sp³-hybridized carbons (Fsp3) is 0.167. The maximum atomic E-state index is 13.4. The Morgan fingerprint density at radius 2 is 1.64 bits per heavy atom. The Kier molecular flexibility index (Phi) is 4.94. The van der Waals surface area contributed by atoms with Gasteiger partial charge in [0, 0.05) is 33.1 Å². The third-order valence-corrected chi connectivity index (χ3v) is 4.79. The van der Waals surface area contributed by atoms with Crippen LogP contribution in [0.2, 0.25) is 0 Å². The number of nitrogens with one attached hydrogen (secondary N) is 1. The normalized spacial score (nSPS) is 12.4. The van der Waals surface area contributed by atoms with Crippen LogP contribution in [0.1, 0.15) is 12.1 Å². The van der Waals surface area contributed by atoms with E-state index in [1.165, 1.54) is 0 Å². The van der Waals surface area contributed by atoms with Crippen molar-refractivity contribution in [2.75, 3.05) is 13.4 Å². The van der Waals surface area contributed by atoms with Gasteiger partial charge < -0.3 is 4.74 Å². The van der Waals surface area contributed by atoms with E-state index < -0.39 is 17.2 Å². The number of hydrogen-bond donors (Lipinski definition) is 1. The number of methoxy groups -OCH3 is 1. The predicted octanol–water partition coefficient (Wildman–Crippen LogP) is 4.43. The monoisotopic (exact) mass is 362 g/mol. The number of nitrogens with zero attached hydrogens (tertiary/aromatic N) is 1. The number of rotatable bonds is 5. The molecule has 3 rings (SSSR count). The zero-order chi connectivity index (χ0) is 18.0. The minimum Gasteiger partial charge on any atom is -0.497 e. The molecule has 2 aromatic carbocycles. The Balaban J connectivity index is 2.12. The molecule has 1 N–H and O–H groups in total. The molecular formula is C18H16F2N2O2S. The summed E-state index contributed by atoms with van der Waals surface area (Å²) in [6.07, 6.45) is -1.10. The van der Waals surface area contributed by atoms with Crippen LogP contribution in [0.3, 0.4) is 0 Å². The third kappa shape index (κ3) is 3.46. The summed E-state index contributed by atoms with van der Waals surface area (Å²) < 4.78 is 43.5. The highest BCUT2D eigenvalue weighted by atomic mass is 32.2. The van der Waals surface area contributed by atoms with Crippen LogP contribution in [0.15, 0.2) is 53.4 Å². The highest BCUT2D eigenvalue weighted by Gasteiger charge is 2.22. The number of aromatic nitrogens is 2. The summed E-state index contributed by atoms with van der Waals surface area (Å²) in [7, 11) is 0.441. The lowest BCUT2D eigenvalue weighted by Gasteiger charge is -2.08. The van der Waals surface area contributed by atoms with Gasteiger partial charge in [0.15, 0.2) is 0 Å². The molecule has 25 heavy (non-hydrogen) atoms. The van der Waals surface area contributed by atoms with Crippen LogP contribution in [0, 0.1) is 0 Å². The molecule has 1 unspecified atom stereocenters. The molecule has 0 radical (unpaired) electrons. The molecule has 0 spiro atoms. The van der Waals surface area contributed by atoms with Gasteiger partial charge in [-0.3, -0.25) is 9.31 Å². The van der Waals surface area contributed by atoms with Gasteiger partial charge in [0.1, 0.15) is 17.1 Å². The van der Waals surface area contributed by atoms with Crippen LogP contribution in [0.4, 0.5) is 8.78 Å². The number of ether oxygens (including phenoxy) is 1. The second-order valence-electron chi connectivity index (χ2n) is 5.37. The van der Waals surface area contributed by atoms with Crippen molar-refractivity contribution in [2.45, 2.75) is 11.3 Å². The quantitative estimate of drug-likeness (QED) is 0.731. The number of aromatic amines is 1. The number of benzene rings is 2. The van der Waals surface area contributed by atoms with Crippen molar-refractivity contribution in [1.82, 2.24) is 10.2 Å². The number of halogens is 2. The van der Waals surface area contributed by atoms with Gasteiger partial charge in [-0.05, 0) is 29.8 Å². The average Bonchev–Trinajstić information content (AvgIpc) is 3.07. The van der Waals surface area contributed by atoms with Gasteiger partial charge >= 0.3 is 0 Å². The van der Waals surface area contributed by atoms with E-state index in [0.29, 0.717) is 33.0 Å². The molecule has 4 nitrogen and oxygen atoms in total. The molecule has 0 fully saturated rings. The average molecular weight is 362 g/mol. The summed E-state index contributed by atoms with van der Waals surface area (Å²) in [6, 6.07) is 13.7. The summed E-state index contributed by atoms with van der Waals surface area (Å²) in [6.45, 7) is 0. The van der Waals surface area contributed by atoms with E-state index in [1.54, 1.807) is 61.9 Å². The van der Waals surface area contributed by atoms with E-state index in [0.717, 1.165) is 0 Å². The lowest BCUT2D eigenvalue weighted by Crippen LogP contribution is -1.91. The van der Waals surface area contributed by atoms with Gasteiger partial charge in [-0.15, -0.1) is 0 Å². The molecule has 0 aliphatic heterocycles. The molecule has 1 heterocycles. The Bertz CT molecular complexity index is 890. The first kappa shape index (κ1) is 17.3. The van der Waals surface area contributed by atoms with Crippen LogP contribution in [0.5, 0.6) is 5.75 Å². The van der Waals surface area contributed by atoms with Crippen LogP contribution in [-0.4, -0.2) is 27.8 Å². The summed E-state index contributed by atoms with van der Waals surface area (Å²) in [5.74, 6) is 0.641. The Labute approximate surface area is 146 Å². The minimum absolute atomic E-state index is 0.233. The van der Waals surface area contributed by atoms with Crippen LogP contribution in [-0.2, 0) is 10.8 Å². The Hall–Kier alpha value is -2.54. The van der Waals surface area contributed by atoms with Crippen molar-refractivity contribution >= 4 is 10.8 Å². The Morgan fingerprint density at radius 3 is 2.16 bits per heavy atom. The third-order valence-electron chi connectivity index (χ3n) is 3.85. The van der Waals surface area contributed by atoms with Crippen LogP contribution < -0.4 is 4.74 Å². The molecule has 0 aliphatic rings. The van der Waals surface area contributed by atoms with E-state index in [2.05, 4.69) is 10.2 Å². The maximum Gasteiger partial charge on any atom is 0.280 e. The highest BCUT2D eigenvalue weighted by molar-refractivity contribution is 7.84. The van der Waals surface area contributed by atoms with Crippen LogP contribution >= 0.6 is 0 Å². The predicted molar refractivity (Wildman–Crippen MR) is 93.3 cm³/mol. The van der Waals surface area contributed by atoms with E-state index in [9.17, 15) is 13.0 Å². The molecule has 3 aromatic rings. The lowest BCUT2D eigenvalue weighted by atomic mass is 9.99. The summed E-state index contributed by atoms with van der Waals surface area (Å²) in [5.41, 5.74) is 1.83. The van der Waals surface area contributed by atoms with Crippen LogP contribution in [0.25, 0.3) is 22.4 Å². The second-order valence-corrected chi connectivity index (χ2v) is 6.75. The van der Waals surface area contributed by atoms with E-state index >= 15 is 0 Å². The SMILES string of the molecule is COc1ccc(-c2c(-c3ccc(S(C)=O)cc3)n[nH]c2C(F)F)cc1. The van der Waals surface area contributed by atoms with Crippen molar-refractivity contribution in [3.63, 3.8) is 0 Å². The molecule has 0 bridgehead atoms. The van der Waals surface area contributed by atoms with Crippen molar-refractivity contribution in [1.29, 1.82) is 0 Å². The van der Waals surface area contributed by atoms with Gasteiger partial charge in [0.25, 0.3) is 6.43 Å². The van der Waals surface area contributed by atoms with Crippen molar-refractivity contribution in [2.24, 2.45) is 0 Å². The van der Waals surface area contributed by atoms with E-state index in [4.69, 9.17) is 4.74 Å². The fourth-order valence-electron chi connectivity index (χ4n) is 2.58. The van der Waals surface area contributed by atoms with Gasteiger partial charge in [-0.25, -0.2) is 8.78 Å². The van der Waals surface area contributed by atoms with Gasteiger partial charge in [-0.2, -0.15) is 5.10 Å². The summed E-state index contributed by atoms with van der Waals surface area (Å²) >= 11 is 0. The molecular weight excluding hydrogens is 346 g/mol. The van der Waals surface area contributed by atoms with Crippen molar-refractivity contribution in [3.8, 4) is 28.1 Å². The first-order chi connectivity index (χ1) is 12.0. The first-order valence-electron chi connectivity index (χ1n) is 7.46. The summed E-state index contributed by atoms with van der Waals surface area (Å²) in [4.78, 5) is 0.666. The lowest BCUT2D eigenvalue weighted by molar-refractivity contribution is 0.146. The molecule has 0 saturated carbocycles.